The molecule has 0 amide bonds. The number of carbonyl (C=O) groups excluding carboxylic acids is 1. The third-order valence-corrected chi connectivity index (χ3v) is 2.20. The van der Waals surface area contributed by atoms with Crippen LogP contribution in [0.4, 0.5) is 0 Å². The Morgan fingerprint density at radius 2 is 1.82 bits per heavy atom. The van der Waals surface area contributed by atoms with Gasteiger partial charge < -0.3 is 4.74 Å². The zero-order valence-electron chi connectivity index (χ0n) is 9.46. The van der Waals surface area contributed by atoms with Crippen LogP contribution < -0.4 is 4.74 Å². The molecule has 1 aromatic carbocycles. The van der Waals surface area contributed by atoms with Crippen molar-refractivity contribution >= 4 is 5.78 Å². The molecule has 17 heavy (non-hydrogen) atoms. The zero-order chi connectivity index (χ0) is 12.1. The van der Waals surface area contributed by atoms with Crippen LogP contribution in [-0.2, 0) is 0 Å². The van der Waals surface area contributed by atoms with Gasteiger partial charge in [0.2, 0.25) is 11.6 Å². The summed E-state index contributed by atoms with van der Waals surface area (Å²) in [6.45, 7) is 2.52. The summed E-state index contributed by atoms with van der Waals surface area (Å²) in [4.78, 5) is 19.8. The van der Waals surface area contributed by atoms with Crippen molar-refractivity contribution in [3.05, 3.63) is 54.1 Å². The van der Waals surface area contributed by atoms with Crippen molar-refractivity contribution in [2.75, 3.05) is 6.61 Å². The minimum Gasteiger partial charge on any atom is -0.494 e. The minimum absolute atomic E-state index is 0.186. The lowest BCUT2D eigenvalue weighted by Crippen LogP contribution is -2.06. The van der Waals surface area contributed by atoms with E-state index in [0.717, 1.165) is 5.75 Å². The maximum absolute atomic E-state index is 11.9. The van der Waals surface area contributed by atoms with Gasteiger partial charge in [0.25, 0.3) is 0 Å². The molecule has 86 valence electrons. The molecule has 0 saturated carbocycles. The molecule has 0 spiro atoms. The molecular weight excluding hydrogens is 216 g/mol. The van der Waals surface area contributed by atoms with Gasteiger partial charge in [0, 0.05) is 18.0 Å². The number of carbonyl (C=O) groups is 1. The first-order valence-corrected chi connectivity index (χ1v) is 5.36. The molecule has 4 nitrogen and oxygen atoms in total. The highest BCUT2D eigenvalue weighted by atomic mass is 16.5. The highest BCUT2D eigenvalue weighted by molar-refractivity contribution is 6.06. The molecule has 1 heterocycles. The van der Waals surface area contributed by atoms with E-state index in [-0.39, 0.29) is 11.6 Å². The van der Waals surface area contributed by atoms with Gasteiger partial charge in [0.05, 0.1) is 6.61 Å². The van der Waals surface area contributed by atoms with Crippen LogP contribution >= 0.6 is 0 Å². The highest BCUT2D eigenvalue weighted by Crippen LogP contribution is 2.13. The molecule has 0 aliphatic heterocycles. The molecule has 0 aliphatic rings. The van der Waals surface area contributed by atoms with E-state index in [0.29, 0.717) is 12.2 Å². The Labute approximate surface area is 99.3 Å². The van der Waals surface area contributed by atoms with Crippen molar-refractivity contribution in [2.24, 2.45) is 0 Å². The average Bonchev–Trinajstić information content (AvgIpc) is 2.40. The number of ether oxygens (including phenoxy) is 1. The molecule has 4 heteroatoms. The van der Waals surface area contributed by atoms with Crippen LogP contribution in [0.3, 0.4) is 0 Å². The standard InChI is InChI=1S/C13H12N2O2/c1-2-17-11-6-4-10(5-7-11)12(16)13-14-8-3-9-15-13/h3-9H,2H2,1H3. The molecule has 0 bridgehead atoms. The SMILES string of the molecule is CCOc1ccc(C(=O)c2ncccn2)cc1. The van der Waals surface area contributed by atoms with Gasteiger partial charge in [0.1, 0.15) is 5.75 Å². The molecule has 0 fully saturated rings. The second kappa shape index (κ2) is 5.21. The monoisotopic (exact) mass is 228 g/mol. The number of hydrogen-bond donors (Lipinski definition) is 0. The molecule has 0 aliphatic carbocycles. The number of aromatic nitrogens is 2. The Morgan fingerprint density at radius 1 is 1.18 bits per heavy atom. The number of ketones is 1. The Balaban J connectivity index is 2.20. The van der Waals surface area contributed by atoms with Gasteiger partial charge in [-0.15, -0.1) is 0 Å². The van der Waals surface area contributed by atoms with Crippen LogP contribution in [0.2, 0.25) is 0 Å². The predicted octanol–water partition coefficient (Wildman–Crippen LogP) is 2.11. The average molecular weight is 228 g/mol. The van der Waals surface area contributed by atoms with Crippen LogP contribution in [0.25, 0.3) is 0 Å². The van der Waals surface area contributed by atoms with Crippen molar-refractivity contribution in [3.8, 4) is 5.75 Å². The largest absolute Gasteiger partial charge is 0.494 e. The van der Waals surface area contributed by atoms with E-state index in [4.69, 9.17) is 4.74 Å². The van der Waals surface area contributed by atoms with Gasteiger partial charge in [-0.05, 0) is 37.3 Å². The summed E-state index contributed by atoms with van der Waals surface area (Å²) < 4.78 is 5.30. The topological polar surface area (TPSA) is 52.1 Å². The Hall–Kier alpha value is -2.23. The summed E-state index contributed by atoms with van der Waals surface area (Å²) in [5, 5.41) is 0. The first-order chi connectivity index (χ1) is 8.31. The second-order valence-electron chi connectivity index (χ2n) is 3.36. The Bertz CT molecular complexity index is 495. The summed E-state index contributed by atoms with van der Waals surface area (Å²) in [5.41, 5.74) is 0.555. The number of benzene rings is 1. The Morgan fingerprint density at radius 3 is 2.41 bits per heavy atom. The third kappa shape index (κ3) is 2.66. The quantitative estimate of drug-likeness (QED) is 0.752. The van der Waals surface area contributed by atoms with E-state index in [1.165, 1.54) is 0 Å². The van der Waals surface area contributed by atoms with Gasteiger partial charge >= 0.3 is 0 Å². The number of nitrogens with zero attached hydrogens (tertiary/aromatic N) is 2. The minimum atomic E-state index is -0.186. The fourth-order valence-electron chi connectivity index (χ4n) is 1.41. The fourth-order valence-corrected chi connectivity index (χ4v) is 1.41. The van der Waals surface area contributed by atoms with Crippen molar-refractivity contribution in [1.82, 2.24) is 9.97 Å². The highest BCUT2D eigenvalue weighted by Gasteiger charge is 2.11. The van der Waals surface area contributed by atoms with E-state index in [2.05, 4.69) is 9.97 Å². The fraction of sp³-hybridized carbons (Fsp3) is 0.154. The number of hydrogen-bond acceptors (Lipinski definition) is 4. The molecule has 0 saturated heterocycles. The van der Waals surface area contributed by atoms with Crippen LogP contribution in [0, 0.1) is 0 Å². The van der Waals surface area contributed by atoms with Crippen LogP contribution in [0.1, 0.15) is 23.1 Å². The molecule has 0 radical (unpaired) electrons. The number of rotatable bonds is 4. The van der Waals surface area contributed by atoms with Gasteiger partial charge in [-0.1, -0.05) is 0 Å². The molecule has 0 N–H and O–H groups in total. The van der Waals surface area contributed by atoms with Gasteiger partial charge in [-0.2, -0.15) is 0 Å². The van der Waals surface area contributed by atoms with Crippen molar-refractivity contribution in [2.45, 2.75) is 6.92 Å². The smallest absolute Gasteiger partial charge is 0.230 e. The summed E-state index contributed by atoms with van der Waals surface area (Å²) in [6, 6.07) is 8.63. The maximum atomic E-state index is 11.9. The zero-order valence-corrected chi connectivity index (χ0v) is 9.46. The first kappa shape index (κ1) is 11.3. The third-order valence-electron chi connectivity index (χ3n) is 2.20. The second-order valence-corrected chi connectivity index (χ2v) is 3.36. The van der Waals surface area contributed by atoms with E-state index in [9.17, 15) is 4.79 Å². The molecule has 2 aromatic rings. The van der Waals surface area contributed by atoms with Gasteiger partial charge in [0.15, 0.2) is 0 Å². The summed E-state index contributed by atoms with van der Waals surface area (Å²) in [5.74, 6) is 0.767. The van der Waals surface area contributed by atoms with Crippen molar-refractivity contribution in [3.63, 3.8) is 0 Å². The van der Waals surface area contributed by atoms with Crippen molar-refractivity contribution in [1.29, 1.82) is 0 Å². The lowest BCUT2D eigenvalue weighted by Gasteiger charge is -2.03. The lowest BCUT2D eigenvalue weighted by molar-refractivity contribution is 0.102. The van der Waals surface area contributed by atoms with E-state index in [1.807, 2.05) is 6.92 Å². The lowest BCUT2D eigenvalue weighted by atomic mass is 10.1. The van der Waals surface area contributed by atoms with E-state index < -0.39 is 0 Å². The summed E-state index contributed by atoms with van der Waals surface area (Å²) in [6.07, 6.45) is 3.10. The van der Waals surface area contributed by atoms with Crippen LogP contribution in [0.5, 0.6) is 5.75 Å². The van der Waals surface area contributed by atoms with Gasteiger partial charge in [-0.3, -0.25) is 4.79 Å². The van der Waals surface area contributed by atoms with Crippen LogP contribution in [0.15, 0.2) is 42.7 Å². The summed E-state index contributed by atoms with van der Waals surface area (Å²) in [7, 11) is 0. The molecule has 0 atom stereocenters. The molecule has 2 rings (SSSR count). The predicted molar refractivity (Wildman–Crippen MR) is 63.1 cm³/mol. The van der Waals surface area contributed by atoms with Crippen molar-refractivity contribution < 1.29 is 9.53 Å². The van der Waals surface area contributed by atoms with E-state index in [1.54, 1.807) is 42.7 Å². The normalized spacial score (nSPS) is 9.94. The maximum Gasteiger partial charge on any atom is 0.230 e. The van der Waals surface area contributed by atoms with Crippen LogP contribution in [-0.4, -0.2) is 22.4 Å². The molecular formula is C13H12N2O2. The van der Waals surface area contributed by atoms with E-state index >= 15 is 0 Å². The molecule has 0 unspecified atom stereocenters. The first-order valence-electron chi connectivity index (χ1n) is 5.36. The Kier molecular flexibility index (Phi) is 3.45. The van der Waals surface area contributed by atoms with Gasteiger partial charge in [-0.25, -0.2) is 9.97 Å². The molecule has 1 aromatic heterocycles. The summed E-state index contributed by atoms with van der Waals surface area (Å²) >= 11 is 0.